The van der Waals surface area contributed by atoms with E-state index in [4.69, 9.17) is 11.6 Å². The first-order chi connectivity index (χ1) is 6.25. The normalized spacial score (nSPS) is 10.3. The Hall–Kier alpha value is -0.940. The quantitative estimate of drug-likeness (QED) is 0.787. The highest BCUT2D eigenvalue weighted by Gasteiger charge is 2.00. The largest absolute Gasteiger partial charge is 0.250 e. The molecule has 4 nitrogen and oxygen atoms in total. The zero-order chi connectivity index (χ0) is 9.26. The van der Waals surface area contributed by atoms with Crippen molar-refractivity contribution in [3.05, 3.63) is 34.3 Å². The van der Waals surface area contributed by atoms with Crippen molar-refractivity contribution in [2.24, 2.45) is 0 Å². The van der Waals surface area contributed by atoms with Gasteiger partial charge in [0.25, 0.3) is 5.95 Å². The Morgan fingerprint density at radius 1 is 1.23 bits per heavy atom. The van der Waals surface area contributed by atoms with E-state index in [2.05, 4.69) is 31.0 Å². The summed E-state index contributed by atoms with van der Waals surface area (Å²) in [5, 5.41) is 4.53. The number of nitrogens with zero attached hydrogens (tertiary/aromatic N) is 4. The van der Waals surface area contributed by atoms with E-state index in [1.807, 2.05) is 0 Å². The van der Waals surface area contributed by atoms with Crippen LogP contribution in [0.4, 0.5) is 0 Å². The first-order valence-electron chi connectivity index (χ1n) is 3.44. The molecular weight excluding hydrogens is 255 g/mol. The standard InChI is InChI=1S/C7H4BrClN4/c8-5-1-12-13(4-5)7-10-2-6(9)3-11-7/h1-4H. The third-order valence-electron chi connectivity index (χ3n) is 1.36. The molecule has 2 aromatic rings. The predicted octanol–water partition coefficient (Wildman–Crippen LogP) is 2.08. The minimum atomic E-state index is 0.495. The molecule has 0 bridgehead atoms. The molecule has 6 heteroatoms. The zero-order valence-corrected chi connectivity index (χ0v) is 8.70. The van der Waals surface area contributed by atoms with Gasteiger partial charge >= 0.3 is 0 Å². The summed E-state index contributed by atoms with van der Waals surface area (Å²) in [5.41, 5.74) is 0. The smallest absolute Gasteiger partial charge is 0.218 e. The average Bonchev–Trinajstić information content (AvgIpc) is 2.53. The first-order valence-corrected chi connectivity index (χ1v) is 4.61. The Morgan fingerprint density at radius 2 is 1.92 bits per heavy atom. The maximum absolute atomic E-state index is 5.64. The summed E-state index contributed by atoms with van der Waals surface area (Å²) in [5.74, 6) is 0.495. The molecule has 0 aliphatic carbocycles. The van der Waals surface area contributed by atoms with E-state index in [1.54, 1.807) is 17.1 Å². The van der Waals surface area contributed by atoms with E-state index in [0.717, 1.165) is 4.47 Å². The second-order valence-electron chi connectivity index (χ2n) is 2.30. The average molecular weight is 259 g/mol. The first kappa shape index (κ1) is 8.65. The van der Waals surface area contributed by atoms with Gasteiger partial charge in [-0.1, -0.05) is 11.6 Å². The highest BCUT2D eigenvalue weighted by atomic mass is 79.9. The molecule has 0 aliphatic rings. The fourth-order valence-electron chi connectivity index (χ4n) is 0.834. The van der Waals surface area contributed by atoms with Crippen LogP contribution in [-0.4, -0.2) is 19.7 Å². The third kappa shape index (κ3) is 1.87. The molecule has 0 unspecified atom stereocenters. The van der Waals surface area contributed by atoms with Gasteiger partial charge in [-0.15, -0.1) is 0 Å². The molecular formula is C7H4BrClN4. The molecule has 0 aliphatic heterocycles. The Morgan fingerprint density at radius 3 is 2.46 bits per heavy atom. The van der Waals surface area contributed by atoms with E-state index >= 15 is 0 Å². The molecule has 0 amide bonds. The maximum Gasteiger partial charge on any atom is 0.250 e. The summed E-state index contributed by atoms with van der Waals surface area (Å²) in [4.78, 5) is 8.00. The van der Waals surface area contributed by atoms with Crippen molar-refractivity contribution in [2.75, 3.05) is 0 Å². The molecule has 2 heterocycles. The van der Waals surface area contributed by atoms with Crippen molar-refractivity contribution in [3.63, 3.8) is 0 Å². The topological polar surface area (TPSA) is 43.6 Å². The van der Waals surface area contributed by atoms with Gasteiger partial charge in [-0.2, -0.15) is 5.10 Å². The fraction of sp³-hybridized carbons (Fsp3) is 0. The Kier molecular flexibility index (Phi) is 2.28. The van der Waals surface area contributed by atoms with Crippen LogP contribution in [0.5, 0.6) is 0 Å². The van der Waals surface area contributed by atoms with E-state index in [1.165, 1.54) is 12.4 Å². The Bertz CT molecular complexity index is 411. The van der Waals surface area contributed by atoms with Crippen LogP contribution >= 0.6 is 27.5 Å². The van der Waals surface area contributed by atoms with E-state index < -0.39 is 0 Å². The lowest BCUT2D eigenvalue weighted by atomic mass is 10.7. The Labute approximate surface area is 87.7 Å². The number of hydrogen-bond donors (Lipinski definition) is 0. The molecule has 0 saturated carbocycles. The summed E-state index contributed by atoms with van der Waals surface area (Å²) in [7, 11) is 0. The van der Waals surface area contributed by atoms with Gasteiger partial charge in [-0.3, -0.25) is 0 Å². The van der Waals surface area contributed by atoms with Crippen LogP contribution in [0.15, 0.2) is 29.3 Å². The molecule has 0 spiro atoms. The second kappa shape index (κ2) is 3.43. The molecule has 0 aromatic carbocycles. The summed E-state index contributed by atoms with van der Waals surface area (Å²) in [6.07, 6.45) is 6.49. The van der Waals surface area contributed by atoms with Crippen LogP contribution in [0.1, 0.15) is 0 Å². The van der Waals surface area contributed by atoms with Crippen molar-refractivity contribution in [3.8, 4) is 5.95 Å². The summed E-state index contributed by atoms with van der Waals surface area (Å²) < 4.78 is 2.44. The van der Waals surface area contributed by atoms with Crippen molar-refractivity contribution in [1.29, 1.82) is 0 Å². The van der Waals surface area contributed by atoms with Crippen molar-refractivity contribution < 1.29 is 0 Å². The highest BCUT2D eigenvalue weighted by molar-refractivity contribution is 9.10. The van der Waals surface area contributed by atoms with E-state index in [0.29, 0.717) is 11.0 Å². The highest BCUT2D eigenvalue weighted by Crippen LogP contribution is 2.10. The molecule has 2 aromatic heterocycles. The van der Waals surface area contributed by atoms with Gasteiger partial charge in [-0.25, -0.2) is 14.6 Å². The van der Waals surface area contributed by atoms with Gasteiger partial charge in [0.2, 0.25) is 0 Å². The van der Waals surface area contributed by atoms with Gasteiger partial charge < -0.3 is 0 Å². The van der Waals surface area contributed by atoms with Crippen LogP contribution in [0.2, 0.25) is 5.02 Å². The summed E-state index contributed by atoms with van der Waals surface area (Å²) in [6.45, 7) is 0. The summed E-state index contributed by atoms with van der Waals surface area (Å²) >= 11 is 8.92. The molecule has 0 radical (unpaired) electrons. The third-order valence-corrected chi connectivity index (χ3v) is 1.97. The minimum absolute atomic E-state index is 0.495. The zero-order valence-electron chi connectivity index (χ0n) is 6.35. The van der Waals surface area contributed by atoms with Crippen molar-refractivity contribution >= 4 is 27.5 Å². The Balaban J connectivity index is 2.41. The molecule has 0 saturated heterocycles. The summed E-state index contributed by atoms with van der Waals surface area (Å²) in [6, 6.07) is 0. The molecule has 2 rings (SSSR count). The van der Waals surface area contributed by atoms with Crippen LogP contribution < -0.4 is 0 Å². The van der Waals surface area contributed by atoms with Crippen LogP contribution in [0.3, 0.4) is 0 Å². The lowest BCUT2D eigenvalue weighted by molar-refractivity contribution is 0.808. The molecule has 13 heavy (non-hydrogen) atoms. The number of aromatic nitrogens is 4. The molecule has 66 valence electrons. The maximum atomic E-state index is 5.64. The van der Waals surface area contributed by atoms with Crippen LogP contribution in [0.25, 0.3) is 5.95 Å². The number of halogens is 2. The monoisotopic (exact) mass is 258 g/mol. The van der Waals surface area contributed by atoms with Crippen LogP contribution in [-0.2, 0) is 0 Å². The molecule has 0 atom stereocenters. The van der Waals surface area contributed by atoms with Gasteiger partial charge in [0.15, 0.2) is 0 Å². The lowest BCUT2D eigenvalue weighted by Gasteiger charge is -1.96. The van der Waals surface area contributed by atoms with Gasteiger partial charge in [0, 0.05) is 6.20 Å². The van der Waals surface area contributed by atoms with Crippen LogP contribution in [0, 0.1) is 0 Å². The van der Waals surface area contributed by atoms with Crippen molar-refractivity contribution in [2.45, 2.75) is 0 Å². The number of rotatable bonds is 1. The van der Waals surface area contributed by atoms with Gasteiger partial charge in [0.1, 0.15) is 0 Å². The van der Waals surface area contributed by atoms with E-state index in [9.17, 15) is 0 Å². The van der Waals surface area contributed by atoms with Gasteiger partial charge in [0.05, 0.1) is 28.1 Å². The molecule has 0 N–H and O–H groups in total. The predicted molar refractivity (Wildman–Crippen MR) is 51.9 cm³/mol. The van der Waals surface area contributed by atoms with Crippen molar-refractivity contribution in [1.82, 2.24) is 19.7 Å². The van der Waals surface area contributed by atoms with Gasteiger partial charge in [-0.05, 0) is 15.9 Å². The SMILES string of the molecule is Clc1cnc(-n2cc(Br)cn2)nc1. The molecule has 0 fully saturated rings. The lowest BCUT2D eigenvalue weighted by Crippen LogP contribution is -1.99. The van der Waals surface area contributed by atoms with E-state index in [-0.39, 0.29) is 0 Å². The minimum Gasteiger partial charge on any atom is -0.218 e. The second-order valence-corrected chi connectivity index (χ2v) is 3.66. The fourth-order valence-corrected chi connectivity index (χ4v) is 1.22. The number of hydrogen-bond acceptors (Lipinski definition) is 3.